The van der Waals surface area contributed by atoms with Gasteiger partial charge in [-0.1, -0.05) is 44.2 Å². The summed E-state index contributed by atoms with van der Waals surface area (Å²) >= 11 is 0. The van der Waals surface area contributed by atoms with Crippen LogP contribution in [0.4, 0.5) is 22.0 Å². The first-order valence-corrected chi connectivity index (χ1v) is 15.1. The number of aromatic nitrogens is 3. The Balaban J connectivity index is 1.43. The molecule has 0 bridgehead atoms. The number of nitrogens with zero attached hydrogens (tertiary/aromatic N) is 3. The SMILES string of the molecule is CC(C)c1ccc2c(Nc3cc(C(=O)NC(C)c4ccccc4)ccc3Oc3ccc(NC(=O)OC(C)(C)C)cc3)ncnc2n1. The molecule has 0 spiro atoms. The van der Waals surface area contributed by atoms with E-state index in [0.29, 0.717) is 39.9 Å². The third kappa shape index (κ3) is 8.15. The van der Waals surface area contributed by atoms with E-state index in [1.54, 1.807) is 63.2 Å². The number of anilines is 3. The van der Waals surface area contributed by atoms with E-state index < -0.39 is 11.7 Å². The summed E-state index contributed by atoms with van der Waals surface area (Å²) in [5.74, 6) is 1.50. The zero-order valence-corrected chi connectivity index (χ0v) is 26.8. The number of carbonyl (C=O) groups is 2. The van der Waals surface area contributed by atoms with Gasteiger partial charge in [0.05, 0.1) is 17.1 Å². The van der Waals surface area contributed by atoms with Crippen LogP contribution in [0.15, 0.2) is 91.3 Å². The first-order valence-electron chi connectivity index (χ1n) is 15.1. The van der Waals surface area contributed by atoms with Crippen LogP contribution in [0.1, 0.15) is 75.1 Å². The Labute approximate surface area is 268 Å². The van der Waals surface area contributed by atoms with Crippen molar-refractivity contribution in [2.24, 2.45) is 0 Å². The molecule has 3 aromatic carbocycles. The molecule has 5 aromatic rings. The van der Waals surface area contributed by atoms with Gasteiger partial charge in [0.1, 0.15) is 23.5 Å². The molecule has 0 aliphatic heterocycles. The molecule has 0 fully saturated rings. The zero-order chi connectivity index (χ0) is 32.8. The van der Waals surface area contributed by atoms with E-state index in [0.717, 1.165) is 16.6 Å². The second kappa shape index (κ2) is 13.6. The van der Waals surface area contributed by atoms with Gasteiger partial charge in [0, 0.05) is 16.9 Å². The lowest BCUT2D eigenvalue weighted by Gasteiger charge is -2.19. The lowest BCUT2D eigenvalue weighted by molar-refractivity contribution is 0.0635. The van der Waals surface area contributed by atoms with Gasteiger partial charge in [0.2, 0.25) is 0 Å². The summed E-state index contributed by atoms with van der Waals surface area (Å²) in [6.45, 7) is 11.5. The number of amides is 2. The fourth-order valence-corrected chi connectivity index (χ4v) is 4.62. The Bertz CT molecular complexity index is 1840. The van der Waals surface area contributed by atoms with E-state index in [2.05, 4.69) is 39.8 Å². The van der Waals surface area contributed by atoms with Gasteiger partial charge in [-0.15, -0.1) is 0 Å². The monoisotopic (exact) mass is 618 g/mol. The van der Waals surface area contributed by atoms with E-state index in [4.69, 9.17) is 14.5 Å². The van der Waals surface area contributed by atoms with Crippen molar-refractivity contribution in [2.45, 2.75) is 59.1 Å². The molecule has 2 amide bonds. The van der Waals surface area contributed by atoms with Crippen LogP contribution >= 0.6 is 0 Å². The van der Waals surface area contributed by atoms with Crippen LogP contribution in [0.25, 0.3) is 11.0 Å². The first-order chi connectivity index (χ1) is 21.9. The van der Waals surface area contributed by atoms with Crippen LogP contribution in [-0.2, 0) is 4.74 Å². The molecule has 10 heteroatoms. The summed E-state index contributed by atoms with van der Waals surface area (Å²) in [5, 5.41) is 9.86. The standard InChI is InChI=1S/C36H38N6O4/c1-22(2)29-18-17-28-32(41-29)37-21-38-33(28)42-30-20-25(34(43)39-23(3)24-10-8-7-9-11-24)12-19-31(30)45-27-15-13-26(14-16-27)40-35(44)46-36(4,5)6/h7-23H,1-6H3,(H,39,43)(H,40,44)(H,37,38,41,42). The Morgan fingerprint density at radius 3 is 2.28 bits per heavy atom. The third-order valence-corrected chi connectivity index (χ3v) is 6.98. The number of fused-ring (bicyclic) bond motifs is 1. The first kappa shape index (κ1) is 31.9. The van der Waals surface area contributed by atoms with E-state index in [1.165, 1.54) is 6.33 Å². The lowest BCUT2D eigenvalue weighted by atomic mass is 10.1. The van der Waals surface area contributed by atoms with Crippen LogP contribution in [-0.4, -0.2) is 32.6 Å². The summed E-state index contributed by atoms with van der Waals surface area (Å²) in [7, 11) is 0. The fourth-order valence-electron chi connectivity index (χ4n) is 4.62. The molecule has 0 radical (unpaired) electrons. The normalized spacial score (nSPS) is 12.0. The molecule has 2 aromatic heterocycles. The smallest absolute Gasteiger partial charge is 0.412 e. The second-order valence-corrected chi connectivity index (χ2v) is 12.2. The molecule has 5 rings (SSSR count). The van der Waals surface area contributed by atoms with Crippen molar-refractivity contribution in [1.29, 1.82) is 0 Å². The molecule has 0 saturated carbocycles. The van der Waals surface area contributed by atoms with Crippen LogP contribution in [0, 0.1) is 0 Å². The van der Waals surface area contributed by atoms with E-state index in [9.17, 15) is 9.59 Å². The minimum atomic E-state index is -0.610. The summed E-state index contributed by atoms with van der Waals surface area (Å²) in [6, 6.07) is 25.5. The van der Waals surface area contributed by atoms with Crippen molar-refractivity contribution in [3.8, 4) is 11.5 Å². The topological polar surface area (TPSA) is 127 Å². The van der Waals surface area contributed by atoms with Gasteiger partial charge in [-0.2, -0.15) is 0 Å². The molecule has 0 aliphatic carbocycles. The molecular formula is C36H38N6O4. The van der Waals surface area contributed by atoms with Crippen LogP contribution in [0.5, 0.6) is 11.5 Å². The highest BCUT2D eigenvalue weighted by Crippen LogP contribution is 2.35. The molecule has 236 valence electrons. The summed E-state index contributed by atoms with van der Waals surface area (Å²) in [6.07, 6.45) is 0.909. The number of pyridine rings is 1. The average molecular weight is 619 g/mol. The molecular weight excluding hydrogens is 580 g/mol. The van der Waals surface area contributed by atoms with Crippen molar-refractivity contribution >= 4 is 40.2 Å². The van der Waals surface area contributed by atoms with Crippen molar-refractivity contribution in [1.82, 2.24) is 20.3 Å². The van der Waals surface area contributed by atoms with Gasteiger partial charge in [-0.25, -0.2) is 19.7 Å². The van der Waals surface area contributed by atoms with Gasteiger partial charge < -0.3 is 20.1 Å². The quantitative estimate of drug-likeness (QED) is 0.150. The van der Waals surface area contributed by atoms with Crippen molar-refractivity contribution in [3.05, 3.63) is 108 Å². The van der Waals surface area contributed by atoms with Gasteiger partial charge in [0.25, 0.3) is 5.91 Å². The van der Waals surface area contributed by atoms with Crippen LogP contribution in [0.3, 0.4) is 0 Å². The summed E-state index contributed by atoms with van der Waals surface area (Å²) in [5.41, 5.74) is 3.39. The van der Waals surface area contributed by atoms with Gasteiger partial charge in [-0.3, -0.25) is 10.1 Å². The Kier molecular flexibility index (Phi) is 9.46. The molecule has 10 nitrogen and oxygen atoms in total. The van der Waals surface area contributed by atoms with E-state index in [1.807, 2.05) is 49.4 Å². The molecule has 1 unspecified atom stereocenters. The minimum absolute atomic E-state index is 0.194. The van der Waals surface area contributed by atoms with Gasteiger partial charge >= 0.3 is 6.09 Å². The molecule has 0 saturated heterocycles. The molecule has 0 aliphatic rings. The Morgan fingerprint density at radius 1 is 0.848 bits per heavy atom. The maximum atomic E-state index is 13.4. The van der Waals surface area contributed by atoms with Crippen LogP contribution < -0.4 is 20.7 Å². The average Bonchev–Trinajstić information content (AvgIpc) is 3.02. The largest absolute Gasteiger partial charge is 0.455 e. The molecule has 2 heterocycles. The highest BCUT2D eigenvalue weighted by atomic mass is 16.6. The van der Waals surface area contributed by atoms with E-state index in [-0.39, 0.29) is 17.9 Å². The van der Waals surface area contributed by atoms with Gasteiger partial charge in [-0.05, 0) is 93.8 Å². The third-order valence-electron chi connectivity index (χ3n) is 6.98. The minimum Gasteiger partial charge on any atom is -0.455 e. The predicted molar refractivity (Wildman–Crippen MR) is 180 cm³/mol. The highest BCUT2D eigenvalue weighted by molar-refractivity contribution is 5.97. The van der Waals surface area contributed by atoms with Crippen molar-refractivity contribution in [3.63, 3.8) is 0 Å². The maximum Gasteiger partial charge on any atom is 0.412 e. The lowest BCUT2D eigenvalue weighted by Crippen LogP contribution is -2.27. The number of nitrogens with one attached hydrogen (secondary N) is 3. The fraction of sp³-hybridized carbons (Fsp3) is 0.250. The van der Waals surface area contributed by atoms with E-state index >= 15 is 0 Å². The van der Waals surface area contributed by atoms with Gasteiger partial charge in [0.15, 0.2) is 11.4 Å². The number of hydrogen-bond donors (Lipinski definition) is 3. The van der Waals surface area contributed by atoms with Crippen molar-refractivity contribution in [2.75, 3.05) is 10.6 Å². The van der Waals surface area contributed by atoms with Crippen LogP contribution in [0.2, 0.25) is 0 Å². The number of ether oxygens (including phenoxy) is 2. The number of rotatable bonds is 9. The summed E-state index contributed by atoms with van der Waals surface area (Å²) in [4.78, 5) is 39.1. The van der Waals surface area contributed by atoms with Crippen molar-refractivity contribution < 1.29 is 19.1 Å². The maximum absolute atomic E-state index is 13.4. The second-order valence-electron chi connectivity index (χ2n) is 12.2. The highest BCUT2D eigenvalue weighted by Gasteiger charge is 2.18. The predicted octanol–water partition coefficient (Wildman–Crippen LogP) is 8.52. The summed E-state index contributed by atoms with van der Waals surface area (Å²) < 4.78 is 11.6. The zero-order valence-electron chi connectivity index (χ0n) is 26.8. The Morgan fingerprint density at radius 2 is 1.59 bits per heavy atom. The number of carbonyl (C=O) groups excluding carboxylic acids is 2. The molecule has 46 heavy (non-hydrogen) atoms. The number of hydrogen-bond acceptors (Lipinski definition) is 8. The molecule has 3 N–H and O–H groups in total. The Hall–Kier alpha value is -5.51. The molecule has 1 atom stereocenters. The number of benzene rings is 3.